The van der Waals surface area contributed by atoms with Gasteiger partial charge in [0.2, 0.25) is 0 Å². The predicted octanol–water partition coefficient (Wildman–Crippen LogP) is 3.29. The molecule has 0 bridgehead atoms. The monoisotopic (exact) mass is 266 g/mol. The number of rotatable bonds is 1. The molecule has 0 spiro atoms. The van der Waals surface area contributed by atoms with Crippen LogP contribution in [0.15, 0.2) is 23.5 Å². The minimum absolute atomic E-state index is 0.414. The third-order valence-electron chi connectivity index (χ3n) is 2.17. The number of aromatic nitrogens is 1. The highest BCUT2D eigenvalue weighted by Gasteiger charge is 2.19. The maximum atomic E-state index is 12.0. The lowest BCUT2D eigenvalue weighted by Crippen LogP contribution is -2.26. The molecule has 0 radical (unpaired) electrons. The van der Waals surface area contributed by atoms with Crippen molar-refractivity contribution in [3.8, 4) is 0 Å². The summed E-state index contributed by atoms with van der Waals surface area (Å²) in [6, 6.07) is 3.61. The number of oxime groups is 1. The van der Waals surface area contributed by atoms with E-state index in [2.05, 4.69) is 5.16 Å². The van der Waals surface area contributed by atoms with Crippen molar-refractivity contribution in [1.29, 1.82) is 0 Å². The third-order valence-corrected chi connectivity index (χ3v) is 3.19. The fourth-order valence-electron chi connectivity index (χ4n) is 1.54. The molecule has 0 atom stereocenters. The van der Waals surface area contributed by atoms with Crippen LogP contribution in [-0.4, -0.2) is 27.7 Å². The summed E-state index contributed by atoms with van der Waals surface area (Å²) in [6.45, 7) is 5.47. The van der Waals surface area contributed by atoms with Crippen LogP contribution in [0.25, 0.3) is 10.2 Å². The zero-order valence-corrected chi connectivity index (χ0v) is 11.2. The Morgan fingerprint density at radius 2 is 2.28 bits per heavy atom. The van der Waals surface area contributed by atoms with Gasteiger partial charge in [0.15, 0.2) is 0 Å². The average molecular weight is 266 g/mol. The first-order valence-electron chi connectivity index (χ1n) is 5.42. The Morgan fingerprint density at radius 1 is 1.56 bits per heavy atom. The van der Waals surface area contributed by atoms with Crippen molar-refractivity contribution in [1.82, 2.24) is 4.57 Å². The van der Waals surface area contributed by atoms with Gasteiger partial charge in [0.05, 0.1) is 21.3 Å². The zero-order valence-electron chi connectivity index (χ0n) is 10.4. The van der Waals surface area contributed by atoms with E-state index in [1.54, 1.807) is 12.3 Å². The number of hydrogen-bond acceptors (Lipinski definition) is 5. The number of carbonyl (C=O) groups excluding carboxylic acids is 1. The number of nitrogens with zero attached hydrogens (tertiary/aromatic N) is 2. The van der Waals surface area contributed by atoms with Gasteiger partial charge >= 0.3 is 6.09 Å². The Balaban J connectivity index is 2.36. The quantitative estimate of drug-likeness (QED) is 0.489. The van der Waals surface area contributed by atoms with Gasteiger partial charge in [-0.05, 0) is 32.9 Å². The van der Waals surface area contributed by atoms with Crippen molar-refractivity contribution >= 4 is 33.9 Å². The molecule has 0 fully saturated rings. The van der Waals surface area contributed by atoms with E-state index >= 15 is 0 Å². The molecule has 2 aromatic rings. The van der Waals surface area contributed by atoms with Crippen molar-refractivity contribution in [2.45, 2.75) is 26.4 Å². The molecule has 0 saturated heterocycles. The molecule has 0 unspecified atom stereocenters. The van der Waals surface area contributed by atoms with Crippen molar-refractivity contribution in [3.05, 3.63) is 23.2 Å². The number of hydrogen-bond donors (Lipinski definition) is 1. The molecular weight excluding hydrogens is 252 g/mol. The molecular formula is C12H14N2O3S. The van der Waals surface area contributed by atoms with Crippen LogP contribution in [0.2, 0.25) is 0 Å². The largest absolute Gasteiger partial charge is 0.443 e. The average Bonchev–Trinajstić information content (AvgIpc) is 2.73. The summed E-state index contributed by atoms with van der Waals surface area (Å²) in [7, 11) is 0. The SMILES string of the molecule is CC(C)(C)OC(=O)n1ccc2sc(C=NO)cc21. The standard InChI is InChI=1S/C12H14N2O3S/c1-12(2,3)17-11(15)14-5-4-10-9(14)6-8(18-10)7-13-16/h4-7,16H,1-3H3. The van der Waals surface area contributed by atoms with Crippen molar-refractivity contribution < 1.29 is 14.7 Å². The Morgan fingerprint density at radius 3 is 2.89 bits per heavy atom. The molecule has 18 heavy (non-hydrogen) atoms. The van der Waals surface area contributed by atoms with Crippen molar-refractivity contribution in [2.75, 3.05) is 0 Å². The highest BCUT2D eigenvalue weighted by atomic mass is 32.1. The molecule has 2 heterocycles. The van der Waals surface area contributed by atoms with Gasteiger partial charge in [0, 0.05) is 6.20 Å². The highest BCUT2D eigenvalue weighted by molar-refractivity contribution is 7.20. The van der Waals surface area contributed by atoms with Gasteiger partial charge in [-0.15, -0.1) is 11.3 Å². The third kappa shape index (κ3) is 2.53. The van der Waals surface area contributed by atoms with Crippen molar-refractivity contribution in [2.24, 2.45) is 5.16 Å². The zero-order chi connectivity index (χ0) is 13.3. The van der Waals surface area contributed by atoms with E-state index in [1.165, 1.54) is 22.1 Å². The lowest BCUT2D eigenvalue weighted by Gasteiger charge is -2.19. The first kappa shape index (κ1) is 12.6. The second-order valence-electron chi connectivity index (χ2n) is 4.81. The topological polar surface area (TPSA) is 63.8 Å². The smallest absolute Gasteiger partial charge is 0.419 e. The van der Waals surface area contributed by atoms with Gasteiger partial charge < -0.3 is 9.94 Å². The van der Waals surface area contributed by atoms with Crippen LogP contribution in [0.1, 0.15) is 25.6 Å². The van der Waals surface area contributed by atoms with Gasteiger partial charge in [0.1, 0.15) is 5.60 Å². The van der Waals surface area contributed by atoms with Crippen LogP contribution in [0.3, 0.4) is 0 Å². The molecule has 5 nitrogen and oxygen atoms in total. The number of thiophene rings is 1. The van der Waals surface area contributed by atoms with E-state index in [0.29, 0.717) is 0 Å². The summed E-state index contributed by atoms with van der Waals surface area (Å²) in [4.78, 5) is 12.7. The molecule has 0 saturated carbocycles. The Kier molecular flexibility index (Phi) is 3.13. The number of fused-ring (bicyclic) bond motifs is 1. The van der Waals surface area contributed by atoms with E-state index in [-0.39, 0.29) is 0 Å². The van der Waals surface area contributed by atoms with Gasteiger partial charge in [0.25, 0.3) is 0 Å². The summed E-state index contributed by atoms with van der Waals surface area (Å²) in [5.41, 5.74) is 0.225. The molecule has 2 rings (SSSR count). The molecule has 1 N–H and O–H groups in total. The van der Waals surface area contributed by atoms with E-state index < -0.39 is 11.7 Å². The second kappa shape index (κ2) is 4.45. The minimum atomic E-state index is -0.529. The van der Waals surface area contributed by atoms with E-state index in [1.807, 2.05) is 26.8 Å². The summed E-state index contributed by atoms with van der Waals surface area (Å²) >= 11 is 1.44. The van der Waals surface area contributed by atoms with E-state index in [0.717, 1.165) is 15.1 Å². The molecule has 0 aliphatic carbocycles. The lowest BCUT2D eigenvalue weighted by atomic mass is 10.2. The summed E-state index contributed by atoms with van der Waals surface area (Å²) < 4.78 is 7.70. The molecule has 96 valence electrons. The van der Waals surface area contributed by atoms with E-state index in [4.69, 9.17) is 9.94 Å². The number of carbonyl (C=O) groups is 1. The predicted molar refractivity (Wildman–Crippen MR) is 70.8 cm³/mol. The van der Waals surface area contributed by atoms with Crippen LogP contribution in [0, 0.1) is 0 Å². The minimum Gasteiger partial charge on any atom is -0.443 e. The molecule has 0 aromatic carbocycles. The van der Waals surface area contributed by atoms with Gasteiger partial charge in [-0.25, -0.2) is 4.79 Å². The Labute approximate surface area is 108 Å². The van der Waals surface area contributed by atoms with Crippen LogP contribution in [0.4, 0.5) is 4.79 Å². The van der Waals surface area contributed by atoms with Gasteiger partial charge in [-0.1, -0.05) is 5.16 Å². The van der Waals surface area contributed by atoms with Crippen LogP contribution >= 0.6 is 11.3 Å². The maximum Gasteiger partial charge on any atom is 0.419 e. The maximum absolute atomic E-state index is 12.0. The fraction of sp³-hybridized carbons (Fsp3) is 0.333. The molecule has 2 aromatic heterocycles. The van der Waals surface area contributed by atoms with Gasteiger partial charge in [-0.3, -0.25) is 4.57 Å². The van der Waals surface area contributed by atoms with Crippen molar-refractivity contribution in [3.63, 3.8) is 0 Å². The first-order chi connectivity index (χ1) is 8.40. The van der Waals surface area contributed by atoms with Gasteiger partial charge in [-0.2, -0.15) is 0 Å². The van der Waals surface area contributed by atoms with E-state index in [9.17, 15) is 4.79 Å². The fourth-order valence-corrected chi connectivity index (χ4v) is 2.45. The van der Waals surface area contributed by atoms with Crippen LogP contribution in [-0.2, 0) is 4.74 Å². The molecule has 0 aliphatic heterocycles. The molecule has 0 amide bonds. The summed E-state index contributed by atoms with van der Waals surface area (Å²) in [5.74, 6) is 0. The Bertz CT molecular complexity index is 604. The summed E-state index contributed by atoms with van der Waals surface area (Å²) in [6.07, 6.45) is 2.60. The van der Waals surface area contributed by atoms with Crippen LogP contribution < -0.4 is 0 Å². The van der Waals surface area contributed by atoms with Crippen LogP contribution in [0.5, 0.6) is 0 Å². The summed E-state index contributed by atoms with van der Waals surface area (Å²) in [5, 5.41) is 11.5. The lowest BCUT2D eigenvalue weighted by molar-refractivity contribution is 0.0544. The highest BCUT2D eigenvalue weighted by Crippen LogP contribution is 2.26. The molecule has 0 aliphatic rings. The second-order valence-corrected chi connectivity index (χ2v) is 5.92. The molecule has 6 heteroatoms. The normalized spacial score (nSPS) is 12.4. The Hall–Kier alpha value is -1.82. The number of ether oxygens (including phenoxy) is 1. The first-order valence-corrected chi connectivity index (χ1v) is 6.24.